The molecule has 2 aromatic heterocycles. The summed E-state index contributed by atoms with van der Waals surface area (Å²) in [5.41, 5.74) is 1.23. The number of nitrogens with zero attached hydrogens (tertiary/aromatic N) is 5. The van der Waals surface area contributed by atoms with Crippen LogP contribution < -0.4 is 4.90 Å². The predicted octanol–water partition coefficient (Wildman–Crippen LogP) is 2.52. The van der Waals surface area contributed by atoms with Gasteiger partial charge in [-0.1, -0.05) is 19.0 Å². The second-order valence-electron chi connectivity index (χ2n) is 6.88. The zero-order chi connectivity index (χ0) is 17.6. The Labute approximate surface area is 149 Å². The topological polar surface area (TPSA) is 67.5 Å². The Morgan fingerprint density at radius 1 is 1.12 bits per heavy atom. The number of hydrogen-bond donors (Lipinski definition) is 0. The fraction of sp³-hybridized carbons (Fsp3) is 0.611. The van der Waals surface area contributed by atoms with E-state index in [0.29, 0.717) is 30.8 Å². The average Bonchev–Trinajstić information content (AvgIpc) is 3.09. The van der Waals surface area contributed by atoms with Crippen molar-refractivity contribution in [3.8, 4) is 0 Å². The summed E-state index contributed by atoms with van der Waals surface area (Å²) in [6.45, 7) is 11.5. The number of anilines is 1. The SMILES string of the molecule is CC(C)CO[C@@H](C)c1noc(CN2CCN(c3ccncc3)CC2)n1. The van der Waals surface area contributed by atoms with E-state index in [1.165, 1.54) is 5.69 Å². The Balaban J connectivity index is 1.48. The Kier molecular flexibility index (Phi) is 5.99. The maximum Gasteiger partial charge on any atom is 0.240 e. The lowest BCUT2D eigenvalue weighted by Gasteiger charge is -2.35. The first-order valence-corrected chi connectivity index (χ1v) is 8.93. The molecule has 1 atom stereocenters. The average molecular weight is 345 g/mol. The normalized spacial score (nSPS) is 17.2. The van der Waals surface area contributed by atoms with Gasteiger partial charge in [-0.2, -0.15) is 4.98 Å². The number of rotatable bonds is 7. The Hall–Kier alpha value is -1.99. The molecule has 2 aromatic rings. The van der Waals surface area contributed by atoms with Gasteiger partial charge in [-0.3, -0.25) is 9.88 Å². The van der Waals surface area contributed by atoms with Crippen molar-refractivity contribution in [2.24, 2.45) is 5.92 Å². The van der Waals surface area contributed by atoms with E-state index in [9.17, 15) is 0 Å². The predicted molar refractivity (Wildman–Crippen MR) is 95.2 cm³/mol. The van der Waals surface area contributed by atoms with Crippen molar-refractivity contribution in [2.75, 3.05) is 37.7 Å². The number of hydrogen-bond acceptors (Lipinski definition) is 7. The van der Waals surface area contributed by atoms with Gasteiger partial charge >= 0.3 is 0 Å². The third kappa shape index (κ3) is 4.99. The van der Waals surface area contributed by atoms with E-state index in [0.717, 1.165) is 26.2 Å². The van der Waals surface area contributed by atoms with Crippen LogP contribution in [0.5, 0.6) is 0 Å². The van der Waals surface area contributed by atoms with Crippen LogP contribution in [-0.2, 0) is 11.3 Å². The zero-order valence-electron chi connectivity index (χ0n) is 15.3. The van der Waals surface area contributed by atoms with E-state index in [1.807, 2.05) is 19.3 Å². The summed E-state index contributed by atoms with van der Waals surface area (Å²) in [6.07, 6.45) is 3.54. The van der Waals surface area contributed by atoms with Gasteiger partial charge in [0.2, 0.25) is 5.89 Å². The van der Waals surface area contributed by atoms with Gasteiger partial charge in [-0.05, 0) is 25.0 Å². The molecule has 136 valence electrons. The van der Waals surface area contributed by atoms with Gasteiger partial charge in [0.25, 0.3) is 0 Å². The Morgan fingerprint density at radius 3 is 2.52 bits per heavy atom. The van der Waals surface area contributed by atoms with E-state index in [4.69, 9.17) is 9.26 Å². The minimum Gasteiger partial charge on any atom is -0.370 e. The third-order valence-corrected chi connectivity index (χ3v) is 4.29. The molecule has 0 spiro atoms. The lowest BCUT2D eigenvalue weighted by atomic mass is 10.2. The zero-order valence-corrected chi connectivity index (χ0v) is 15.3. The summed E-state index contributed by atoms with van der Waals surface area (Å²) in [5, 5.41) is 4.07. The van der Waals surface area contributed by atoms with Crippen molar-refractivity contribution < 1.29 is 9.26 Å². The van der Waals surface area contributed by atoms with Crippen LogP contribution in [0.25, 0.3) is 0 Å². The molecule has 1 aliphatic rings. The molecule has 0 amide bonds. The lowest BCUT2D eigenvalue weighted by molar-refractivity contribution is 0.0402. The van der Waals surface area contributed by atoms with Crippen molar-refractivity contribution in [1.82, 2.24) is 20.0 Å². The highest BCUT2D eigenvalue weighted by molar-refractivity contribution is 5.44. The summed E-state index contributed by atoms with van der Waals surface area (Å²) in [7, 11) is 0. The van der Waals surface area contributed by atoms with Crippen molar-refractivity contribution in [3.05, 3.63) is 36.2 Å². The van der Waals surface area contributed by atoms with Gasteiger partial charge < -0.3 is 14.2 Å². The van der Waals surface area contributed by atoms with Gasteiger partial charge in [-0.25, -0.2) is 0 Å². The third-order valence-electron chi connectivity index (χ3n) is 4.29. The monoisotopic (exact) mass is 345 g/mol. The molecule has 7 nitrogen and oxygen atoms in total. The molecule has 0 aliphatic carbocycles. The largest absolute Gasteiger partial charge is 0.370 e. The Bertz CT molecular complexity index is 638. The molecule has 0 aromatic carbocycles. The summed E-state index contributed by atoms with van der Waals surface area (Å²) in [4.78, 5) is 13.3. The highest BCUT2D eigenvalue weighted by Crippen LogP contribution is 2.17. The molecule has 25 heavy (non-hydrogen) atoms. The Morgan fingerprint density at radius 2 is 1.84 bits per heavy atom. The van der Waals surface area contributed by atoms with E-state index >= 15 is 0 Å². The van der Waals surface area contributed by atoms with Crippen LogP contribution in [0.3, 0.4) is 0 Å². The molecule has 1 saturated heterocycles. The molecule has 3 heterocycles. The van der Waals surface area contributed by atoms with E-state index in [-0.39, 0.29) is 6.10 Å². The van der Waals surface area contributed by atoms with Crippen molar-refractivity contribution in [1.29, 1.82) is 0 Å². The number of aromatic nitrogens is 3. The number of pyridine rings is 1. The quantitative estimate of drug-likeness (QED) is 0.764. The fourth-order valence-electron chi connectivity index (χ4n) is 2.82. The van der Waals surface area contributed by atoms with Gasteiger partial charge in [0.1, 0.15) is 6.10 Å². The minimum atomic E-state index is -0.136. The highest BCUT2D eigenvalue weighted by atomic mass is 16.5. The van der Waals surface area contributed by atoms with Gasteiger partial charge in [0.15, 0.2) is 5.82 Å². The van der Waals surface area contributed by atoms with Crippen LogP contribution in [0.4, 0.5) is 5.69 Å². The molecule has 1 aliphatic heterocycles. The van der Waals surface area contributed by atoms with Crippen molar-refractivity contribution in [2.45, 2.75) is 33.4 Å². The van der Waals surface area contributed by atoms with Crippen LogP contribution in [-0.4, -0.2) is 52.8 Å². The molecule has 0 bridgehead atoms. The van der Waals surface area contributed by atoms with Gasteiger partial charge in [0, 0.05) is 50.9 Å². The van der Waals surface area contributed by atoms with E-state index in [1.54, 1.807) is 0 Å². The second-order valence-corrected chi connectivity index (χ2v) is 6.88. The smallest absolute Gasteiger partial charge is 0.240 e. The molecule has 1 fully saturated rings. The summed E-state index contributed by atoms with van der Waals surface area (Å²) < 4.78 is 11.1. The number of piperazine rings is 1. The highest BCUT2D eigenvalue weighted by Gasteiger charge is 2.21. The van der Waals surface area contributed by atoms with Crippen molar-refractivity contribution in [3.63, 3.8) is 0 Å². The van der Waals surface area contributed by atoms with Gasteiger partial charge in [0.05, 0.1) is 6.54 Å². The first-order valence-electron chi connectivity index (χ1n) is 8.93. The summed E-state index contributed by atoms with van der Waals surface area (Å²) in [6, 6.07) is 4.11. The fourth-order valence-corrected chi connectivity index (χ4v) is 2.82. The van der Waals surface area contributed by atoms with Crippen LogP contribution in [0.15, 0.2) is 29.0 Å². The molecule has 7 heteroatoms. The first kappa shape index (κ1) is 17.8. The second kappa shape index (κ2) is 8.40. The van der Waals surface area contributed by atoms with Crippen LogP contribution in [0.1, 0.15) is 38.6 Å². The number of ether oxygens (including phenoxy) is 1. The van der Waals surface area contributed by atoms with Crippen LogP contribution in [0.2, 0.25) is 0 Å². The molecule has 0 radical (unpaired) electrons. The minimum absolute atomic E-state index is 0.136. The summed E-state index contributed by atoms with van der Waals surface area (Å²) >= 11 is 0. The summed E-state index contributed by atoms with van der Waals surface area (Å²) in [5.74, 6) is 1.78. The first-order chi connectivity index (χ1) is 12.1. The lowest BCUT2D eigenvalue weighted by Crippen LogP contribution is -2.46. The molecule has 0 N–H and O–H groups in total. The molecule has 0 unspecified atom stereocenters. The van der Waals surface area contributed by atoms with Crippen LogP contribution in [0, 0.1) is 5.92 Å². The maximum atomic E-state index is 5.75. The van der Waals surface area contributed by atoms with Crippen molar-refractivity contribution >= 4 is 5.69 Å². The van der Waals surface area contributed by atoms with Gasteiger partial charge in [-0.15, -0.1) is 0 Å². The standard InChI is InChI=1S/C18H27N5O2/c1-14(2)13-24-15(3)18-20-17(25-21-18)12-22-8-10-23(11-9-22)16-4-6-19-7-5-16/h4-7,14-15H,8-13H2,1-3H3/t15-/m0/s1. The van der Waals surface area contributed by atoms with Crippen LogP contribution >= 0.6 is 0 Å². The molecular formula is C18H27N5O2. The maximum absolute atomic E-state index is 5.75. The molecule has 3 rings (SSSR count). The van der Waals surface area contributed by atoms with E-state index in [2.05, 4.69) is 50.9 Å². The molecular weight excluding hydrogens is 318 g/mol. The molecule has 0 saturated carbocycles. The van der Waals surface area contributed by atoms with E-state index < -0.39 is 0 Å².